The number of amides is 1. The van der Waals surface area contributed by atoms with Crippen molar-refractivity contribution in [3.8, 4) is 0 Å². The van der Waals surface area contributed by atoms with Crippen LogP contribution in [0.1, 0.15) is 32.1 Å². The molecule has 17 heavy (non-hydrogen) atoms. The van der Waals surface area contributed by atoms with Gasteiger partial charge < -0.3 is 16.3 Å². The molecule has 5 nitrogen and oxygen atoms in total. The number of hydrogen-bond acceptors (Lipinski definition) is 4. The summed E-state index contributed by atoms with van der Waals surface area (Å²) in [5.41, 5.74) is 4.81. The van der Waals surface area contributed by atoms with Crippen LogP contribution >= 0.6 is 11.8 Å². The monoisotopic (exact) mass is 259 g/mol. The fourth-order valence-electron chi connectivity index (χ4n) is 1.74. The topological polar surface area (TPSA) is 87.7 Å². The van der Waals surface area contributed by atoms with E-state index in [2.05, 4.69) is 16.7 Å². The van der Waals surface area contributed by atoms with Gasteiger partial charge in [0.25, 0.3) is 0 Å². The molecule has 0 heterocycles. The summed E-state index contributed by atoms with van der Waals surface area (Å²) in [6, 6.07) is 0. The lowest BCUT2D eigenvalue weighted by atomic mass is 10.1. The third-order valence-corrected chi connectivity index (χ3v) is 3.79. The number of nitrogens with one attached hydrogen (secondary N) is 1. The molecule has 6 heteroatoms. The van der Waals surface area contributed by atoms with Crippen molar-refractivity contribution in [1.29, 1.82) is 0 Å². The van der Waals surface area contributed by atoms with Crippen LogP contribution < -0.4 is 11.1 Å². The van der Waals surface area contributed by atoms with Crippen LogP contribution in [0.3, 0.4) is 0 Å². The highest BCUT2D eigenvalue weighted by Gasteiger charge is 2.53. The van der Waals surface area contributed by atoms with Crippen LogP contribution in [0.4, 0.5) is 0 Å². The van der Waals surface area contributed by atoms with Crippen molar-refractivity contribution >= 4 is 23.5 Å². The first-order chi connectivity index (χ1) is 8.17. The number of oxime groups is 1. The lowest BCUT2D eigenvalue weighted by Gasteiger charge is -2.13. The minimum atomic E-state index is -0.714. The first-order valence-electron chi connectivity index (χ1n) is 5.92. The van der Waals surface area contributed by atoms with Crippen LogP contribution in [0, 0.1) is 5.41 Å². The van der Waals surface area contributed by atoms with Gasteiger partial charge in [0, 0.05) is 6.54 Å². The Morgan fingerprint density at radius 1 is 1.47 bits per heavy atom. The Morgan fingerprint density at radius 2 is 2.18 bits per heavy atom. The number of unbranched alkanes of at least 4 members (excludes halogenated alkanes) is 2. The van der Waals surface area contributed by atoms with E-state index in [0.29, 0.717) is 19.4 Å². The molecule has 1 amide bonds. The number of hydrogen-bond donors (Lipinski definition) is 3. The molecule has 1 rings (SSSR count). The van der Waals surface area contributed by atoms with Gasteiger partial charge in [0.2, 0.25) is 5.91 Å². The van der Waals surface area contributed by atoms with Crippen molar-refractivity contribution in [1.82, 2.24) is 5.32 Å². The van der Waals surface area contributed by atoms with Gasteiger partial charge in [0.05, 0.1) is 0 Å². The Bertz CT molecular complexity index is 290. The molecule has 4 N–H and O–H groups in total. The van der Waals surface area contributed by atoms with Crippen LogP contribution in [0.5, 0.6) is 0 Å². The third-order valence-electron chi connectivity index (χ3n) is 3.09. The fourth-order valence-corrected chi connectivity index (χ4v) is 2.23. The summed E-state index contributed by atoms with van der Waals surface area (Å²) >= 11 is 1.84. The SMILES string of the molecule is CSCCCCCNC(=O)C1(C(N)=NO)CC1. The molecule has 1 fully saturated rings. The summed E-state index contributed by atoms with van der Waals surface area (Å²) in [6.45, 7) is 0.674. The Balaban J connectivity index is 2.18. The van der Waals surface area contributed by atoms with Crippen LogP contribution in [0.15, 0.2) is 5.16 Å². The highest BCUT2D eigenvalue weighted by Crippen LogP contribution is 2.45. The van der Waals surface area contributed by atoms with Gasteiger partial charge in [-0.05, 0) is 37.7 Å². The van der Waals surface area contributed by atoms with Crippen LogP contribution in [0.25, 0.3) is 0 Å². The summed E-state index contributed by atoms with van der Waals surface area (Å²) in [6.07, 6.45) is 6.75. The molecular formula is C11H21N3O2S. The van der Waals surface area contributed by atoms with E-state index in [1.165, 1.54) is 12.2 Å². The average molecular weight is 259 g/mol. The maximum Gasteiger partial charge on any atom is 0.233 e. The molecule has 98 valence electrons. The standard InChI is InChI=1S/C11H21N3O2S/c1-17-8-4-2-3-7-13-10(15)11(5-6-11)9(12)14-16/h16H,2-8H2,1H3,(H2,12,14)(H,13,15). The van der Waals surface area contributed by atoms with Gasteiger partial charge in [-0.1, -0.05) is 11.6 Å². The molecule has 0 aromatic rings. The number of amidine groups is 1. The van der Waals surface area contributed by atoms with E-state index < -0.39 is 5.41 Å². The first-order valence-corrected chi connectivity index (χ1v) is 7.32. The maximum absolute atomic E-state index is 11.8. The number of thioether (sulfide) groups is 1. The summed E-state index contributed by atoms with van der Waals surface area (Å²) < 4.78 is 0. The van der Waals surface area contributed by atoms with Crippen molar-refractivity contribution < 1.29 is 10.0 Å². The second-order valence-corrected chi connectivity index (χ2v) is 5.36. The minimum absolute atomic E-state index is 0.0392. The van der Waals surface area contributed by atoms with Crippen LogP contribution in [-0.4, -0.2) is 35.5 Å². The van der Waals surface area contributed by atoms with E-state index >= 15 is 0 Å². The molecular weight excluding hydrogens is 238 g/mol. The number of rotatable bonds is 8. The van der Waals surface area contributed by atoms with E-state index in [1.807, 2.05) is 11.8 Å². The number of nitrogens with two attached hydrogens (primary N) is 1. The quantitative estimate of drug-likeness (QED) is 0.201. The largest absolute Gasteiger partial charge is 0.409 e. The molecule has 0 aliphatic heterocycles. The second kappa shape index (κ2) is 6.74. The second-order valence-electron chi connectivity index (χ2n) is 4.38. The molecule has 1 aliphatic carbocycles. The Labute approximate surface area is 106 Å². The predicted octanol–water partition coefficient (Wildman–Crippen LogP) is 1.16. The van der Waals surface area contributed by atoms with Crippen molar-refractivity contribution in [3.63, 3.8) is 0 Å². The van der Waals surface area contributed by atoms with E-state index in [1.54, 1.807) is 0 Å². The van der Waals surface area contributed by atoms with Crippen LogP contribution in [0.2, 0.25) is 0 Å². The number of carbonyl (C=O) groups excluding carboxylic acids is 1. The van der Waals surface area contributed by atoms with E-state index in [0.717, 1.165) is 12.8 Å². The van der Waals surface area contributed by atoms with Gasteiger partial charge in [-0.15, -0.1) is 0 Å². The van der Waals surface area contributed by atoms with Crippen molar-refractivity contribution in [3.05, 3.63) is 0 Å². The molecule has 0 unspecified atom stereocenters. The number of carbonyl (C=O) groups is 1. The summed E-state index contributed by atoms with van der Waals surface area (Å²) in [5, 5.41) is 14.4. The normalized spacial score (nSPS) is 17.8. The Morgan fingerprint density at radius 3 is 2.71 bits per heavy atom. The number of nitrogens with zero attached hydrogens (tertiary/aromatic N) is 1. The highest BCUT2D eigenvalue weighted by molar-refractivity contribution is 7.98. The highest BCUT2D eigenvalue weighted by atomic mass is 32.2. The van der Waals surface area contributed by atoms with Gasteiger partial charge >= 0.3 is 0 Å². The molecule has 0 aromatic carbocycles. The van der Waals surface area contributed by atoms with Gasteiger partial charge in [-0.25, -0.2) is 0 Å². The van der Waals surface area contributed by atoms with E-state index in [4.69, 9.17) is 10.9 Å². The molecule has 0 bridgehead atoms. The zero-order valence-corrected chi connectivity index (χ0v) is 11.1. The molecule has 0 atom stereocenters. The van der Waals surface area contributed by atoms with E-state index in [-0.39, 0.29) is 11.7 Å². The summed E-state index contributed by atoms with van der Waals surface area (Å²) in [7, 11) is 0. The van der Waals surface area contributed by atoms with Gasteiger partial charge in [-0.3, -0.25) is 4.79 Å². The molecule has 0 spiro atoms. The lowest BCUT2D eigenvalue weighted by molar-refractivity contribution is -0.124. The smallest absolute Gasteiger partial charge is 0.233 e. The first kappa shape index (κ1) is 14.2. The zero-order valence-electron chi connectivity index (χ0n) is 10.2. The van der Waals surface area contributed by atoms with Crippen molar-refractivity contribution in [2.45, 2.75) is 32.1 Å². The van der Waals surface area contributed by atoms with E-state index in [9.17, 15) is 4.79 Å². The fraction of sp³-hybridized carbons (Fsp3) is 0.818. The van der Waals surface area contributed by atoms with Crippen LogP contribution in [-0.2, 0) is 4.79 Å². The summed E-state index contributed by atoms with van der Waals surface area (Å²) in [5.74, 6) is 1.11. The Kier molecular flexibility index (Phi) is 5.61. The van der Waals surface area contributed by atoms with Crippen molar-refractivity contribution in [2.75, 3.05) is 18.6 Å². The van der Waals surface area contributed by atoms with Crippen molar-refractivity contribution in [2.24, 2.45) is 16.3 Å². The molecule has 1 saturated carbocycles. The average Bonchev–Trinajstić information content (AvgIpc) is 3.13. The minimum Gasteiger partial charge on any atom is -0.409 e. The molecule has 1 aliphatic rings. The molecule has 0 radical (unpaired) electrons. The maximum atomic E-state index is 11.8. The molecule has 0 saturated heterocycles. The zero-order chi connectivity index (χ0) is 12.7. The molecule has 0 aromatic heterocycles. The third kappa shape index (κ3) is 3.80. The van der Waals surface area contributed by atoms with Gasteiger partial charge in [-0.2, -0.15) is 11.8 Å². The Hall–Kier alpha value is -0.910. The van der Waals surface area contributed by atoms with Gasteiger partial charge in [0.1, 0.15) is 5.41 Å². The van der Waals surface area contributed by atoms with Gasteiger partial charge in [0.15, 0.2) is 5.84 Å². The lowest BCUT2D eigenvalue weighted by Crippen LogP contribution is -2.41. The predicted molar refractivity (Wildman–Crippen MR) is 70.3 cm³/mol. The summed E-state index contributed by atoms with van der Waals surface area (Å²) in [4.78, 5) is 11.8.